The van der Waals surface area contributed by atoms with Crippen molar-refractivity contribution in [2.24, 2.45) is 0 Å². The van der Waals surface area contributed by atoms with E-state index in [0.717, 1.165) is 0 Å². The summed E-state index contributed by atoms with van der Waals surface area (Å²) in [6.07, 6.45) is 1.97. The van der Waals surface area contributed by atoms with Crippen LogP contribution in [0.15, 0.2) is 11.1 Å². The Hall–Kier alpha value is -0.0100. The van der Waals surface area contributed by atoms with Crippen molar-refractivity contribution in [3.8, 4) is 0 Å². The lowest BCUT2D eigenvalue weighted by Crippen LogP contribution is -1.70. The Balaban J connectivity index is 3.49. The number of hydrogen-bond donors (Lipinski definition) is 0. The van der Waals surface area contributed by atoms with E-state index in [4.69, 9.17) is 23.2 Å². The Labute approximate surface area is 51.9 Å². The average molecular weight is 139 g/mol. The van der Waals surface area contributed by atoms with Crippen LogP contribution in [-0.4, -0.2) is 12.2 Å². The van der Waals surface area contributed by atoms with Gasteiger partial charge >= 0.3 is 0 Å². The monoisotopic (exact) mass is 138 g/mol. The van der Waals surface area contributed by atoms with Crippen LogP contribution in [0.2, 0.25) is 0 Å². The first-order valence-electron chi connectivity index (χ1n) is 1.68. The third kappa shape index (κ3) is 3.83. The summed E-state index contributed by atoms with van der Waals surface area (Å²) in [6.45, 7) is 0. The number of alkyl halides is 1. The van der Waals surface area contributed by atoms with Crippen LogP contribution in [0.5, 0.6) is 0 Å². The summed E-state index contributed by atoms with van der Waals surface area (Å²) < 4.78 is 0. The smallest absolute Gasteiger partial charge is 0.161 e. The van der Waals surface area contributed by atoms with E-state index >= 15 is 0 Å². The minimum Gasteiger partial charge on any atom is -0.297 e. The maximum absolute atomic E-state index is 9.64. The first-order valence-corrected chi connectivity index (χ1v) is 2.59. The lowest BCUT2D eigenvalue weighted by atomic mass is 10.6. The van der Waals surface area contributed by atoms with Crippen molar-refractivity contribution in [3.63, 3.8) is 0 Å². The summed E-state index contributed by atoms with van der Waals surface area (Å²) in [7, 11) is 0. The zero-order valence-corrected chi connectivity index (χ0v) is 5.04. The summed E-state index contributed by atoms with van der Waals surface area (Å²) in [4.78, 5) is 9.64. The molecule has 0 rings (SSSR count). The Morgan fingerprint density at radius 3 is 2.43 bits per heavy atom. The third-order valence-corrected chi connectivity index (χ3v) is 0.782. The Morgan fingerprint density at radius 1 is 1.71 bits per heavy atom. The molecule has 0 atom stereocenters. The number of aldehydes is 1. The molecule has 0 aliphatic carbocycles. The lowest BCUT2D eigenvalue weighted by Gasteiger charge is -1.75. The molecule has 0 saturated carbocycles. The molecule has 0 N–H and O–H groups in total. The summed E-state index contributed by atoms with van der Waals surface area (Å²) in [5, 5.41) is 0.162. The zero-order valence-electron chi connectivity index (χ0n) is 3.53. The van der Waals surface area contributed by atoms with Crippen LogP contribution in [0.4, 0.5) is 0 Å². The summed E-state index contributed by atoms with van der Waals surface area (Å²) in [5.74, 6) is 0.289. The van der Waals surface area contributed by atoms with Gasteiger partial charge in [0.2, 0.25) is 0 Å². The molecule has 0 aliphatic heterocycles. The lowest BCUT2D eigenvalue weighted by molar-refractivity contribution is -0.104. The highest BCUT2D eigenvalue weighted by atomic mass is 35.5. The van der Waals surface area contributed by atoms with E-state index < -0.39 is 0 Å². The van der Waals surface area contributed by atoms with E-state index in [-0.39, 0.29) is 10.9 Å². The molecule has 0 saturated heterocycles. The van der Waals surface area contributed by atoms with Crippen molar-refractivity contribution >= 4 is 29.5 Å². The summed E-state index contributed by atoms with van der Waals surface area (Å²) in [6, 6.07) is 0. The molecule has 1 nitrogen and oxygen atoms in total. The molecular weight excluding hydrogens is 135 g/mol. The molecule has 0 aromatic heterocycles. The number of allylic oxidation sites excluding steroid dienone is 2. The van der Waals surface area contributed by atoms with Gasteiger partial charge < -0.3 is 0 Å². The van der Waals surface area contributed by atoms with E-state index in [1.165, 1.54) is 6.08 Å². The number of carbonyl (C=O) groups is 1. The van der Waals surface area contributed by atoms with Crippen molar-refractivity contribution in [3.05, 3.63) is 11.1 Å². The number of rotatable bonds is 2. The summed E-state index contributed by atoms with van der Waals surface area (Å²) in [5.41, 5.74) is 0. The second kappa shape index (κ2) is 4.16. The Bertz CT molecular complexity index is 87.7. The van der Waals surface area contributed by atoms with Crippen molar-refractivity contribution in [2.45, 2.75) is 0 Å². The van der Waals surface area contributed by atoms with E-state index in [2.05, 4.69) is 0 Å². The van der Waals surface area contributed by atoms with Gasteiger partial charge in [-0.3, -0.25) is 4.79 Å². The highest BCUT2D eigenvalue weighted by Gasteiger charge is 1.80. The van der Waals surface area contributed by atoms with Crippen LogP contribution in [0.25, 0.3) is 0 Å². The van der Waals surface area contributed by atoms with Crippen molar-refractivity contribution in [2.75, 3.05) is 5.88 Å². The minimum atomic E-state index is 0.162. The SMILES string of the molecule is O=C/C(Cl)=C/CCl. The van der Waals surface area contributed by atoms with Crippen LogP contribution < -0.4 is 0 Å². The fourth-order valence-corrected chi connectivity index (χ4v) is 0.444. The van der Waals surface area contributed by atoms with Gasteiger partial charge in [-0.25, -0.2) is 0 Å². The fraction of sp³-hybridized carbons (Fsp3) is 0.250. The molecule has 0 bridgehead atoms. The molecule has 0 aromatic rings. The average Bonchev–Trinajstić information content (AvgIpc) is 1.68. The van der Waals surface area contributed by atoms with Gasteiger partial charge in [-0.2, -0.15) is 0 Å². The third-order valence-electron chi connectivity index (χ3n) is 0.385. The fourth-order valence-electron chi connectivity index (χ4n) is 0.122. The maximum Gasteiger partial charge on any atom is 0.161 e. The first-order chi connectivity index (χ1) is 3.31. The number of hydrogen-bond acceptors (Lipinski definition) is 1. The van der Waals surface area contributed by atoms with E-state index in [9.17, 15) is 4.79 Å². The highest BCUT2D eigenvalue weighted by Crippen LogP contribution is 1.94. The van der Waals surface area contributed by atoms with Crippen molar-refractivity contribution < 1.29 is 4.79 Å². The van der Waals surface area contributed by atoms with Crippen LogP contribution in [0.1, 0.15) is 0 Å². The molecule has 0 radical (unpaired) electrons. The van der Waals surface area contributed by atoms with Gasteiger partial charge in [-0.1, -0.05) is 11.6 Å². The van der Waals surface area contributed by atoms with Gasteiger partial charge in [-0.15, -0.1) is 11.6 Å². The molecular formula is C4H4Cl2O. The number of halogens is 2. The highest BCUT2D eigenvalue weighted by molar-refractivity contribution is 6.39. The van der Waals surface area contributed by atoms with Gasteiger partial charge in [0, 0.05) is 5.88 Å². The first kappa shape index (κ1) is 6.99. The molecule has 0 spiro atoms. The van der Waals surface area contributed by atoms with Crippen LogP contribution in [0.3, 0.4) is 0 Å². The Kier molecular flexibility index (Phi) is 4.15. The molecule has 0 unspecified atom stereocenters. The second-order valence-electron chi connectivity index (χ2n) is 0.861. The van der Waals surface area contributed by atoms with Crippen LogP contribution in [0, 0.1) is 0 Å². The number of carbonyl (C=O) groups excluding carboxylic acids is 1. The van der Waals surface area contributed by atoms with Gasteiger partial charge in [0.05, 0.1) is 5.03 Å². The largest absolute Gasteiger partial charge is 0.297 e. The van der Waals surface area contributed by atoms with Crippen molar-refractivity contribution in [1.29, 1.82) is 0 Å². The van der Waals surface area contributed by atoms with E-state index in [0.29, 0.717) is 6.29 Å². The zero-order chi connectivity index (χ0) is 5.70. The van der Waals surface area contributed by atoms with Gasteiger partial charge in [0.1, 0.15) is 0 Å². The van der Waals surface area contributed by atoms with E-state index in [1.807, 2.05) is 0 Å². The van der Waals surface area contributed by atoms with Gasteiger partial charge in [0.15, 0.2) is 6.29 Å². The second-order valence-corrected chi connectivity index (χ2v) is 1.61. The minimum absolute atomic E-state index is 0.162. The van der Waals surface area contributed by atoms with Gasteiger partial charge in [-0.05, 0) is 6.08 Å². The maximum atomic E-state index is 9.64. The van der Waals surface area contributed by atoms with Gasteiger partial charge in [0.25, 0.3) is 0 Å². The topological polar surface area (TPSA) is 17.1 Å². The van der Waals surface area contributed by atoms with E-state index in [1.54, 1.807) is 0 Å². The molecule has 0 fully saturated rings. The molecule has 0 aliphatic rings. The molecule has 0 aromatic carbocycles. The molecule has 3 heteroatoms. The normalized spacial score (nSPS) is 11.4. The summed E-state index contributed by atoms with van der Waals surface area (Å²) >= 11 is 10.3. The van der Waals surface area contributed by atoms with Crippen LogP contribution in [-0.2, 0) is 4.79 Å². The predicted octanol–water partition coefficient (Wildman–Crippen LogP) is 1.55. The van der Waals surface area contributed by atoms with Crippen molar-refractivity contribution in [1.82, 2.24) is 0 Å². The standard InChI is InChI=1S/C4H4Cl2O/c5-2-1-4(6)3-7/h1,3H,2H2/b4-1-. The Morgan fingerprint density at radius 2 is 2.29 bits per heavy atom. The quantitative estimate of drug-likeness (QED) is 0.322. The predicted molar refractivity (Wildman–Crippen MR) is 30.7 cm³/mol. The molecule has 0 amide bonds. The molecule has 0 heterocycles. The molecule has 7 heavy (non-hydrogen) atoms. The van der Waals surface area contributed by atoms with Crippen LogP contribution >= 0.6 is 23.2 Å². The molecule has 40 valence electrons.